The zero-order valence-electron chi connectivity index (χ0n) is 11.1. The Morgan fingerprint density at radius 2 is 2.00 bits per heavy atom. The molecular formula is C16H13FN2O2. The Kier molecular flexibility index (Phi) is 5.02. The van der Waals surface area contributed by atoms with Crippen molar-refractivity contribution >= 4 is 11.6 Å². The van der Waals surface area contributed by atoms with E-state index in [2.05, 4.69) is 22.1 Å². The number of nitrogens with zero attached hydrogens (tertiary/aromatic N) is 1. The average Bonchev–Trinajstić information content (AvgIpc) is 2.50. The number of aromatic nitrogens is 1. The zero-order valence-corrected chi connectivity index (χ0v) is 11.1. The number of halogens is 1. The molecule has 1 amide bonds. The average molecular weight is 284 g/mol. The lowest BCUT2D eigenvalue weighted by Gasteiger charge is -2.04. The maximum absolute atomic E-state index is 12.7. The quantitative estimate of drug-likeness (QED) is 0.849. The summed E-state index contributed by atoms with van der Waals surface area (Å²) in [6.07, 6.45) is 1.42. The number of benzene rings is 1. The van der Waals surface area contributed by atoms with E-state index in [0.29, 0.717) is 12.1 Å². The molecular weight excluding hydrogens is 271 g/mol. The van der Waals surface area contributed by atoms with Gasteiger partial charge in [-0.25, -0.2) is 9.37 Å². The molecule has 1 heterocycles. The molecule has 0 radical (unpaired) electrons. The highest BCUT2D eigenvalue weighted by molar-refractivity contribution is 6.02. The summed E-state index contributed by atoms with van der Waals surface area (Å²) in [6.45, 7) is 0.0335. The van der Waals surface area contributed by atoms with Crippen LogP contribution in [0, 0.1) is 17.7 Å². The summed E-state index contributed by atoms with van der Waals surface area (Å²) in [5, 5.41) is 11.3. The van der Waals surface area contributed by atoms with E-state index in [1.807, 2.05) is 0 Å². The number of hydrogen-bond acceptors (Lipinski definition) is 3. The molecule has 0 aliphatic carbocycles. The second-order valence-corrected chi connectivity index (χ2v) is 4.17. The Morgan fingerprint density at radius 3 is 2.62 bits per heavy atom. The summed E-state index contributed by atoms with van der Waals surface area (Å²) in [7, 11) is 0. The van der Waals surface area contributed by atoms with Crippen molar-refractivity contribution in [2.45, 2.75) is 6.42 Å². The zero-order chi connectivity index (χ0) is 15.1. The second kappa shape index (κ2) is 7.17. The van der Waals surface area contributed by atoms with Crippen molar-refractivity contribution in [3.8, 4) is 11.8 Å². The lowest BCUT2D eigenvalue weighted by atomic mass is 10.2. The molecule has 0 saturated carbocycles. The van der Waals surface area contributed by atoms with Gasteiger partial charge in [-0.2, -0.15) is 0 Å². The van der Waals surface area contributed by atoms with Crippen molar-refractivity contribution in [1.82, 2.24) is 4.98 Å². The number of amides is 1. The van der Waals surface area contributed by atoms with Gasteiger partial charge in [0, 0.05) is 17.7 Å². The van der Waals surface area contributed by atoms with Crippen molar-refractivity contribution in [2.24, 2.45) is 0 Å². The van der Waals surface area contributed by atoms with Crippen LogP contribution in [0.25, 0.3) is 0 Å². The van der Waals surface area contributed by atoms with Crippen molar-refractivity contribution in [3.05, 3.63) is 59.7 Å². The number of rotatable bonds is 3. The Balaban J connectivity index is 2.02. The number of carbonyl (C=O) groups is 1. The highest BCUT2D eigenvalue weighted by atomic mass is 19.1. The Bertz CT molecular complexity index is 670. The highest BCUT2D eigenvalue weighted by Gasteiger charge is 2.07. The first-order chi connectivity index (χ1) is 10.2. The highest BCUT2D eigenvalue weighted by Crippen LogP contribution is 2.10. The first-order valence-electron chi connectivity index (χ1n) is 6.32. The summed E-state index contributed by atoms with van der Waals surface area (Å²) in [6, 6.07) is 9.45. The molecule has 0 aliphatic heterocycles. The van der Waals surface area contributed by atoms with Crippen molar-refractivity contribution < 1.29 is 14.3 Å². The summed E-state index contributed by atoms with van der Waals surface area (Å²) in [4.78, 5) is 15.6. The Hall–Kier alpha value is -2.71. The minimum atomic E-state index is -0.489. The molecule has 106 valence electrons. The minimum absolute atomic E-state index is 0.0335. The third-order valence-corrected chi connectivity index (χ3v) is 2.57. The van der Waals surface area contributed by atoms with Crippen molar-refractivity contribution in [1.29, 1.82) is 0 Å². The lowest BCUT2D eigenvalue weighted by Crippen LogP contribution is -2.13. The number of aliphatic hydroxyl groups is 1. The first-order valence-corrected chi connectivity index (χ1v) is 6.32. The molecule has 0 spiro atoms. The summed E-state index contributed by atoms with van der Waals surface area (Å²) in [5.74, 6) is 4.80. The minimum Gasteiger partial charge on any atom is -0.395 e. The van der Waals surface area contributed by atoms with E-state index >= 15 is 0 Å². The van der Waals surface area contributed by atoms with E-state index in [4.69, 9.17) is 5.11 Å². The fraction of sp³-hybridized carbons (Fsp3) is 0.125. The van der Waals surface area contributed by atoms with Gasteiger partial charge < -0.3 is 10.4 Å². The van der Waals surface area contributed by atoms with Gasteiger partial charge in [0.2, 0.25) is 0 Å². The molecule has 0 bridgehead atoms. The fourth-order valence-corrected chi connectivity index (χ4v) is 1.56. The summed E-state index contributed by atoms with van der Waals surface area (Å²) < 4.78 is 12.7. The molecule has 2 rings (SSSR count). The van der Waals surface area contributed by atoms with E-state index in [1.165, 1.54) is 12.1 Å². The Labute approximate surface area is 121 Å². The van der Waals surface area contributed by atoms with Crippen LogP contribution in [-0.2, 0) is 0 Å². The summed E-state index contributed by atoms with van der Waals surface area (Å²) in [5.41, 5.74) is 1.53. The van der Waals surface area contributed by atoms with Gasteiger partial charge in [0.25, 0.3) is 5.91 Å². The normalized spacial score (nSPS) is 9.62. The van der Waals surface area contributed by atoms with Gasteiger partial charge in [-0.1, -0.05) is 11.8 Å². The van der Waals surface area contributed by atoms with E-state index < -0.39 is 11.7 Å². The van der Waals surface area contributed by atoms with E-state index in [-0.39, 0.29) is 12.3 Å². The van der Waals surface area contributed by atoms with E-state index in [9.17, 15) is 9.18 Å². The van der Waals surface area contributed by atoms with Gasteiger partial charge in [-0.3, -0.25) is 4.79 Å². The topological polar surface area (TPSA) is 62.2 Å². The van der Waals surface area contributed by atoms with Crippen LogP contribution in [0.3, 0.4) is 0 Å². The number of anilines is 1. The smallest absolute Gasteiger partial charge is 0.274 e. The number of hydrogen-bond donors (Lipinski definition) is 2. The molecule has 0 aliphatic rings. The van der Waals surface area contributed by atoms with Crippen LogP contribution in [0.1, 0.15) is 22.5 Å². The van der Waals surface area contributed by atoms with Gasteiger partial charge >= 0.3 is 0 Å². The van der Waals surface area contributed by atoms with Crippen LogP contribution in [0.15, 0.2) is 42.6 Å². The number of pyridine rings is 1. The Morgan fingerprint density at radius 1 is 1.24 bits per heavy atom. The molecule has 0 saturated heterocycles. The summed E-state index contributed by atoms with van der Waals surface area (Å²) >= 11 is 0. The molecule has 0 atom stereocenters. The van der Waals surface area contributed by atoms with Crippen LogP contribution >= 0.6 is 0 Å². The molecule has 1 aromatic carbocycles. The molecule has 0 fully saturated rings. The van der Waals surface area contributed by atoms with Crippen molar-refractivity contribution in [3.63, 3.8) is 0 Å². The van der Waals surface area contributed by atoms with Crippen LogP contribution in [-0.4, -0.2) is 22.6 Å². The molecule has 21 heavy (non-hydrogen) atoms. The molecule has 1 aromatic heterocycles. The van der Waals surface area contributed by atoms with E-state index in [1.54, 1.807) is 24.3 Å². The number of aliphatic hydroxyl groups excluding tert-OH is 1. The second-order valence-electron chi connectivity index (χ2n) is 4.17. The van der Waals surface area contributed by atoms with Gasteiger partial charge in [0.1, 0.15) is 11.5 Å². The first kappa shape index (κ1) is 14.7. The molecule has 0 unspecified atom stereocenters. The lowest BCUT2D eigenvalue weighted by molar-refractivity contribution is 0.102. The van der Waals surface area contributed by atoms with Gasteiger partial charge in [0.15, 0.2) is 0 Å². The van der Waals surface area contributed by atoms with Crippen LogP contribution in [0.4, 0.5) is 10.1 Å². The van der Waals surface area contributed by atoms with Gasteiger partial charge in [0.05, 0.1) is 12.8 Å². The maximum Gasteiger partial charge on any atom is 0.274 e. The standard InChI is InChI=1S/C16H13FN2O2/c17-13-6-9-15(18-11-13)16(21)19-14-7-4-12(5-8-14)3-1-2-10-20/h4-9,11,20H,2,10H2,(H,19,21). The van der Waals surface area contributed by atoms with Crippen LogP contribution < -0.4 is 5.32 Å². The third-order valence-electron chi connectivity index (χ3n) is 2.57. The monoisotopic (exact) mass is 284 g/mol. The maximum atomic E-state index is 12.7. The fourth-order valence-electron chi connectivity index (χ4n) is 1.56. The number of nitrogens with one attached hydrogen (secondary N) is 1. The molecule has 4 nitrogen and oxygen atoms in total. The van der Waals surface area contributed by atoms with Crippen LogP contribution in [0.2, 0.25) is 0 Å². The van der Waals surface area contributed by atoms with Gasteiger partial charge in [-0.05, 0) is 36.4 Å². The molecule has 2 aromatic rings. The van der Waals surface area contributed by atoms with E-state index in [0.717, 1.165) is 11.8 Å². The largest absolute Gasteiger partial charge is 0.395 e. The third kappa shape index (κ3) is 4.41. The predicted octanol–water partition coefficient (Wildman–Crippen LogP) is 2.21. The SMILES string of the molecule is O=C(Nc1ccc(C#CCCO)cc1)c1ccc(F)cn1. The number of carbonyl (C=O) groups excluding carboxylic acids is 1. The van der Waals surface area contributed by atoms with Crippen LogP contribution in [0.5, 0.6) is 0 Å². The predicted molar refractivity (Wildman–Crippen MR) is 77.2 cm³/mol. The van der Waals surface area contributed by atoms with Crippen molar-refractivity contribution in [2.75, 3.05) is 11.9 Å². The molecule has 5 heteroatoms. The molecule has 2 N–H and O–H groups in total. The van der Waals surface area contributed by atoms with Gasteiger partial charge in [-0.15, -0.1) is 0 Å².